The second kappa shape index (κ2) is 11.1. The molecule has 0 aliphatic rings. The summed E-state index contributed by atoms with van der Waals surface area (Å²) in [7, 11) is 0. The maximum Gasteiger partial charge on any atom is 0.306 e. The molecule has 33 heavy (non-hydrogen) atoms. The molecule has 1 aromatic carbocycles. The number of nitrogens with one attached hydrogen (secondary N) is 2. The van der Waals surface area contributed by atoms with Crippen LogP contribution in [0, 0.1) is 5.82 Å². The Balaban J connectivity index is 1.66. The normalized spacial score (nSPS) is 11.3. The Labute approximate surface area is 194 Å². The molecule has 1 amide bonds. The number of benzene rings is 1. The number of pyridine rings is 2. The molecular formula is C23H23ClF3N5O. The summed E-state index contributed by atoms with van der Waals surface area (Å²) in [6, 6.07) is 11.6. The minimum atomic E-state index is -3.36. The molecule has 0 bridgehead atoms. The molecule has 0 spiro atoms. The van der Waals surface area contributed by atoms with Crippen LogP contribution in [0.1, 0.15) is 22.4 Å². The summed E-state index contributed by atoms with van der Waals surface area (Å²) in [6.45, 7) is -0.224. The van der Waals surface area contributed by atoms with E-state index in [9.17, 15) is 18.0 Å². The molecule has 0 atom stereocenters. The van der Waals surface area contributed by atoms with E-state index in [1.807, 2.05) is 24.3 Å². The number of nitrogens with zero attached hydrogens (tertiary/aromatic N) is 2. The number of alkyl halides is 2. The van der Waals surface area contributed by atoms with E-state index in [1.165, 1.54) is 24.4 Å². The molecule has 2 heterocycles. The number of rotatable bonds is 10. The molecule has 0 saturated heterocycles. The predicted molar refractivity (Wildman–Crippen MR) is 121 cm³/mol. The number of carbonyl (C=O) groups is 1. The number of nitrogens with two attached hydrogens (primary N) is 1. The lowest BCUT2D eigenvalue weighted by Gasteiger charge is -2.18. The number of halogens is 4. The molecule has 0 unspecified atom stereocenters. The van der Waals surface area contributed by atoms with Gasteiger partial charge in [0.05, 0.1) is 18.0 Å². The Kier molecular flexibility index (Phi) is 8.24. The molecule has 174 valence electrons. The Morgan fingerprint density at radius 1 is 1.09 bits per heavy atom. The van der Waals surface area contributed by atoms with E-state index in [4.69, 9.17) is 17.3 Å². The fraction of sp³-hybridized carbons (Fsp3) is 0.261. The van der Waals surface area contributed by atoms with Gasteiger partial charge in [-0.1, -0.05) is 41.9 Å². The van der Waals surface area contributed by atoms with Gasteiger partial charge >= 0.3 is 5.92 Å². The van der Waals surface area contributed by atoms with E-state index >= 15 is 0 Å². The minimum absolute atomic E-state index is 0.0757. The van der Waals surface area contributed by atoms with Crippen molar-refractivity contribution in [3.63, 3.8) is 0 Å². The summed E-state index contributed by atoms with van der Waals surface area (Å²) in [4.78, 5) is 19.8. The number of hydrogen-bond acceptors (Lipinski definition) is 5. The van der Waals surface area contributed by atoms with Gasteiger partial charge in [0.2, 0.25) is 5.91 Å². The lowest BCUT2D eigenvalue weighted by atomic mass is 10.0. The maximum absolute atomic E-state index is 14.9. The van der Waals surface area contributed by atoms with Gasteiger partial charge in [0, 0.05) is 24.5 Å². The maximum atomic E-state index is 14.9. The monoisotopic (exact) mass is 477 g/mol. The standard InChI is InChI=1S/C23H23ClF3N5O/c24-18-13-31-22(32-14-23(26,27)19-7-3-4-10-29-19)21(25)17(18)11-20(33)30-12-16-6-2-1-5-15(16)8-9-28/h1-7,10,13H,8-9,11-12,14,28H2,(H,30,33)(H,31,32). The molecule has 3 aromatic rings. The van der Waals surface area contributed by atoms with Crippen molar-refractivity contribution >= 4 is 23.3 Å². The largest absolute Gasteiger partial charge is 0.361 e. The predicted octanol–water partition coefficient (Wildman–Crippen LogP) is 3.83. The summed E-state index contributed by atoms with van der Waals surface area (Å²) < 4.78 is 43.6. The van der Waals surface area contributed by atoms with Crippen molar-refractivity contribution < 1.29 is 18.0 Å². The first-order valence-electron chi connectivity index (χ1n) is 10.2. The molecular weight excluding hydrogens is 455 g/mol. The van der Waals surface area contributed by atoms with Crippen LogP contribution >= 0.6 is 11.6 Å². The van der Waals surface area contributed by atoms with E-state index in [2.05, 4.69) is 20.6 Å². The number of hydrogen-bond donors (Lipinski definition) is 3. The Morgan fingerprint density at radius 3 is 2.52 bits per heavy atom. The van der Waals surface area contributed by atoms with Crippen molar-refractivity contribution in [2.45, 2.75) is 25.3 Å². The molecule has 0 radical (unpaired) electrons. The van der Waals surface area contributed by atoms with Crippen LogP contribution in [0.15, 0.2) is 54.9 Å². The van der Waals surface area contributed by atoms with E-state index < -0.39 is 35.7 Å². The molecule has 2 aromatic heterocycles. The Hall–Kier alpha value is -3.17. The first-order valence-corrected chi connectivity index (χ1v) is 10.6. The third-order valence-electron chi connectivity index (χ3n) is 4.93. The molecule has 3 rings (SSSR count). The van der Waals surface area contributed by atoms with Crippen molar-refractivity contribution in [1.29, 1.82) is 0 Å². The molecule has 6 nitrogen and oxygen atoms in total. The number of anilines is 1. The zero-order valence-electron chi connectivity index (χ0n) is 17.6. The molecule has 0 aliphatic heterocycles. The van der Waals surface area contributed by atoms with Crippen molar-refractivity contribution in [2.24, 2.45) is 5.73 Å². The van der Waals surface area contributed by atoms with E-state index in [0.29, 0.717) is 13.0 Å². The van der Waals surface area contributed by atoms with Crippen LogP contribution in [0.4, 0.5) is 19.0 Å². The van der Waals surface area contributed by atoms with Crippen molar-refractivity contribution in [3.8, 4) is 0 Å². The van der Waals surface area contributed by atoms with Crippen LogP contribution in [-0.4, -0.2) is 29.0 Å². The second-order valence-electron chi connectivity index (χ2n) is 7.28. The van der Waals surface area contributed by atoms with Crippen molar-refractivity contribution in [3.05, 3.63) is 88.1 Å². The number of carbonyl (C=O) groups excluding carboxylic acids is 1. The quantitative estimate of drug-likeness (QED) is 0.412. The molecule has 10 heteroatoms. The van der Waals surface area contributed by atoms with Gasteiger partial charge in [-0.05, 0) is 36.2 Å². The highest BCUT2D eigenvalue weighted by atomic mass is 35.5. The Morgan fingerprint density at radius 2 is 1.82 bits per heavy atom. The van der Waals surface area contributed by atoms with Gasteiger partial charge in [-0.25, -0.2) is 9.37 Å². The average molecular weight is 478 g/mol. The smallest absolute Gasteiger partial charge is 0.306 e. The van der Waals surface area contributed by atoms with Gasteiger partial charge in [-0.2, -0.15) is 8.78 Å². The molecule has 0 aliphatic carbocycles. The summed E-state index contributed by atoms with van der Waals surface area (Å²) >= 11 is 6.03. The van der Waals surface area contributed by atoms with Gasteiger partial charge in [0.25, 0.3) is 0 Å². The van der Waals surface area contributed by atoms with Crippen LogP contribution in [0.3, 0.4) is 0 Å². The highest BCUT2D eigenvalue weighted by Crippen LogP contribution is 2.28. The second-order valence-corrected chi connectivity index (χ2v) is 7.69. The van der Waals surface area contributed by atoms with E-state index in [-0.39, 0.29) is 23.6 Å². The zero-order chi connectivity index (χ0) is 23.8. The first-order chi connectivity index (χ1) is 15.8. The topological polar surface area (TPSA) is 92.9 Å². The Bertz CT molecular complexity index is 1100. The third-order valence-corrected chi connectivity index (χ3v) is 5.26. The molecule has 4 N–H and O–H groups in total. The zero-order valence-corrected chi connectivity index (χ0v) is 18.4. The first kappa shape index (κ1) is 24.5. The SMILES string of the molecule is NCCc1ccccc1CNC(=O)Cc1c(Cl)cnc(NCC(F)(F)c2ccccn2)c1F. The van der Waals surface area contributed by atoms with Crippen LogP contribution in [0.5, 0.6) is 0 Å². The van der Waals surface area contributed by atoms with Crippen molar-refractivity contribution in [2.75, 3.05) is 18.4 Å². The highest BCUT2D eigenvalue weighted by molar-refractivity contribution is 6.31. The van der Waals surface area contributed by atoms with Crippen LogP contribution in [0.25, 0.3) is 0 Å². The fourth-order valence-corrected chi connectivity index (χ4v) is 3.40. The summed E-state index contributed by atoms with van der Waals surface area (Å²) in [6.07, 6.45) is 2.65. The summed E-state index contributed by atoms with van der Waals surface area (Å²) in [5.41, 5.74) is 6.93. The van der Waals surface area contributed by atoms with Crippen LogP contribution in [0.2, 0.25) is 5.02 Å². The third kappa shape index (κ3) is 6.43. The number of aromatic nitrogens is 2. The van der Waals surface area contributed by atoms with Gasteiger partial charge in [0.1, 0.15) is 5.69 Å². The van der Waals surface area contributed by atoms with Crippen LogP contribution < -0.4 is 16.4 Å². The average Bonchev–Trinajstić information content (AvgIpc) is 2.81. The van der Waals surface area contributed by atoms with E-state index in [1.54, 1.807) is 0 Å². The lowest BCUT2D eigenvalue weighted by Crippen LogP contribution is -2.27. The van der Waals surface area contributed by atoms with Gasteiger partial charge in [0.15, 0.2) is 11.6 Å². The minimum Gasteiger partial charge on any atom is -0.361 e. The van der Waals surface area contributed by atoms with E-state index in [0.717, 1.165) is 17.3 Å². The lowest BCUT2D eigenvalue weighted by molar-refractivity contribution is -0.120. The van der Waals surface area contributed by atoms with Crippen molar-refractivity contribution in [1.82, 2.24) is 15.3 Å². The molecule has 0 saturated carbocycles. The van der Waals surface area contributed by atoms with Gasteiger partial charge in [-0.3, -0.25) is 9.78 Å². The van der Waals surface area contributed by atoms with Gasteiger partial charge in [-0.15, -0.1) is 0 Å². The van der Waals surface area contributed by atoms with Crippen LogP contribution in [-0.2, 0) is 30.1 Å². The fourth-order valence-electron chi connectivity index (χ4n) is 3.20. The van der Waals surface area contributed by atoms with Gasteiger partial charge < -0.3 is 16.4 Å². The summed E-state index contributed by atoms with van der Waals surface area (Å²) in [5.74, 6) is -5.22. The highest BCUT2D eigenvalue weighted by Gasteiger charge is 2.33. The molecule has 0 fully saturated rings. The number of amides is 1. The summed E-state index contributed by atoms with van der Waals surface area (Å²) in [5, 5.41) is 4.94.